The number of nitrogens with zero attached hydrogens (tertiary/aromatic N) is 3. The fourth-order valence-corrected chi connectivity index (χ4v) is 3.45. The maximum atomic E-state index is 13.6. The maximum Gasteiger partial charge on any atom is 0.419 e. The summed E-state index contributed by atoms with van der Waals surface area (Å²) in [4.78, 5) is 19.1. The molecule has 0 aliphatic heterocycles. The second-order valence-electron chi connectivity index (χ2n) is 6.17. The molecule has 1 N–H and O–H groups in total. The summed E-state index contributed by atoms with van der Waals surface area (Å²) in [6.45, 7) is 0. The molecule has 2 aromatic rings. The lowest BCUT2D eigenvalue weighted by molar-refractivity contribution is -0.394. The van der Waals surface area contributed by atoms with Gasteiger partial charge < -0.3 is 5.32 Å². The molecule has 0 aliphatic rings. The number of nitriles is 1. The second-order valence-corrected chi connectivity index (χ2v) is 6.96. The smallest absolute Gasteiger partial charge is 0.349 e. The number of hydrogen-bond acceptors (Lipinski definition) is 6. The van der Waals surface area contributed by atoms with Crippen molar-refractivity contribution in [3.05, 3.63) is 65.2 Å². The number of benzene rings is 2. The van der Waals surface area contributed by atoms with Crippen LogP contribution in [0.25, 0.3) is 0 Å². The Kier molecular flexibility index (Phi) is 6.76. The van der Waals surface area contributed by atoms with Crippen LogP contribution in [0.5, 0.6) is 0 Å². The maximum absolute atomic E-state index is 13.6. The topological polar surface area (TPSA) is 122 Å². The molecule has 8 nitrogen and oxygen atoms in total. The summed E-state index contributed by atoms with van der Waals surface area (Å²) >= 11 is 2.19. The van der Waals surface area contributed by atoms with Crippen LogP contribution in [0.2, 0.25) is 0 Å². The molecule has 0 unspecified atom stereocenters. The number of nitro groups is 2. The summed E-state index contributed by atoms with van der Waals surface area (Å²) in [6.07, 6.45) is -16.7. The quantitative estimate of drug-likeness (QED) is 0.243. The minimum Gasteiger partial charge on any atom is -0.349 e. The normalized spacial score (nSPS) is 12.3. The third kappa shape index (κ3) is 5.13. The number of non-ortho nitro benzene ring substituents is 1. The van der Waals surface area contributed by atoms with Crippen molar-refractivity contribution < 1.29 is 49.4 Å². The molecule has 18 heteroatoms. The number of hydrogen-bond donors (Lipinski definition) is 1. The molecule has 0 fully saturated rings. The molecule has 0 radical (unpaired) electrons. The Morgan fingerprint density at radius 2 is 1.38 bits per heavy atom. The fraction of sp³-hybridized carbons (Fsp3) is 0.188. The van der Waals surface area contributed by atoms with E-state index in [0.717, 1.165) is 6.07 Å². The van der Waals surface area contributed by atoms with E-state index in [4.69, 9.17) is 5.26 Å². The highest BCUT2D eigenvalue weighted by atomic mass is 79.9. The Labute approximate surface area is 189 Å². The van der Waals surface area contributed by atoms with Gasteiger partial charge in [-0.3, -0.25) is 20.2 Å². The van der Waals surface area contributed by atoms with E-state index in [1.165, 1.54) is 5.32 Å². The average Bonchev–Trinajstić information content (AvgIpc) is 2.64. The van der Waals surface area contributed by atoms with Gasteiger partial charge in [0.25, 0.3) is 11.4 Å². The zero-order valence-electron chi connectivity index (χ0n) is 15.5. The van der Waals surface area contributed by atoms with Gasteiger partial charge in [-0.15, -0.1) is 0 Å². The van der Waals surface area contributed by atoms with Gasteiger partial charge in [0.2, 0.25) is 0 Å². The molecule has 2 aromatic carbocycles. The molecule has 0 saturated heterocycles. The molecule has 0 atom stereocenters. The Hall–Kier alpha value is -3.62. The lowest BCUT2D eigenvalue weighted by Gasteiger charge is -2.22. The van der Waals surface area contributed by atoms with Crippen molar-refractivity contribution in [3.63, 3.8) is 0 Å². The van der Waals surface area contributed by atoms with Crippen molar-refractivity contribution in [2.24, 2.45) is 0 Å². The van der Waals surface area contributed by atoms with Crippen LogP contribution in [0.3, 0.4) is 0 Å². The van der Waals surface area contributed by atoms with Gasteiger partial charge in [-0.1, -0.05) is 0 Å². The number of nitrogens with one attached hydrogen (secondary N) is 1. The molecule has 0 aromatic heterocycles. The molecule has 2 rings (SSSR count). The Balaban J connectivity index is 3.04. The monoisotopic (exact) mass is 566 g/mol. The predicted molar refractivity (Wildman–Crippen MR) is 96.9 cm³/mol. The van der Waals surface area contributed by atoms with Gasteiger partial charge in [-0.25, -0.2) is 0 Å². The van der Waals surface area contributed by atoms with E-state index in [0.29, 0.717) is 0 Å². The van der Waals surface area contributed by atoms with E-state index in [1.54, 1.807) is 0 Å². The van der Waals surface area contributed by atoms with Crippen LogP contribution in [0, 0.1) is 31.6 Å². The van der Waals surface area contributed by atoms with E-state index in [2.05, 4.69) is 15.9 Å². The molecular formula is C16H4BrF9N4O4. The minimum absolute atomic E-state index is 0.0196. The minimum atomic E-state index is -5.63. The first-order valence-electron chi connectivity index (χ1n) is 8.02. The third-order valence-corrected chi connectivity index (χ3v) is 4.83. The Morgan fingerprint density at radius 1 is 0.853 bits per heavy atom. The van der Waals surface area contributed by atoms with Crippen molar-refractivity contribution in [2.45, 2.75) is 18.5 Å². The number of alkyl halides is 9. The molecule has 0 heterocycles. The molecule has 0 spiro atoms. The molecule has 182 valence electrons. The third-order valence-electron chi connectivity index (χ3n) is 4.04. The summed E-state index contributed by atoms with van der Waals surface area (Å²) in [5, 5.41) is 32.4. The Morgan fingerprint density at radius 3 is 1.76 bits per heavy atom. The van der Waals surface area contributed by atoms with Crippen LogP contribution in [-0.2, 0) is 18.5 Å². The first-order chi connectivity index (χ1) is 15.3. The standard InChI is InChI=1S/C16H4BrF9N4O4/c17-12-6(4-27)7(14(18,19)20)3-9(11(12)16(24,25)26)28-13-8(15(21,22)23)1-5(29(31)32)2-10(13)30(33)34/h1-3,28H. The number of halogens is 10. The first kappa shape index (κ1) is 26.6. The largest absolute Gasteiger partial charge is 0.419 e. The lowest BCUT2D eigenvalue weighted by Crippen LogP contribution is -2.18. The van der Waals surface area contributed by atoms with Gasteiger partial charge in [0.05, 0.1) is 48.3 Å². The van der Waals surface area contributed by atoms with E-state index in [-0.39, 0.29) is 18.2 Å². The highest BCUT2D eigenvalue weighted by Gasteiger charge is 2.45. The molecular weight excluding hydrogens is 563 g/mol. The lowest BCUT2D eigenvalue weighted by atomic mass is 10.0. The SMILES string of the molecule is N#Cc1c(C(F)(F)F)cc(Nc2c([N+](=O)[O-])cc([N+](=O)[O-])cc2C(F)(F)F)c(C(F)(F)F)c1Br. The zero-order valence-corrected chi connectivity index (χ0v) is 17.1. The van der Waals surface area contributed by atoms with Gasteiger partial charge in [-0.05, 0) is 22.0 Å². The highest BCUT2D eigenvalue weighted by molar-refractivity contribution is 9.10. The van der Waals surface area contributed by atoms with Crippen molar-refractivity contribution >= 4 is 38.7 Å². The van der Waals surface area contributed by atoms with Crippen LogP contribution in [0.4, 0.5) is 62.3 Å². The van der Waals surface area contributed by atoms with Crippen molar-refractivity contribution in [1.82, 2.24) is 0 Å². The van der Waals surface area contributed by atoms with Crippen LogP contribution in [0.15, 0.2) is 22.7 Å². The number of rotatable bonds is 4. The summed E-state index contributed by atoms with van der Waals surface area (Å²) in [5.41, 5.74) is -14.6. The number of nitro benzene ring substituents is 2. The summed E-state index contributed by atoms with van der Waals surface area (Å²) < 4.78 is 120. The van der Waals surface area contributed by atoms with Crippen LogP contribution >= 0.6 is 15.9 Å². The van der Waals surface area contributed by atoms with Gasteiger partial charge in [0.1, 0.15) is 11.8 Å². The summed E-state index contributed by atoms with van der Waals surface area (Å²) in [5.74, 6) is 0. The van der Waals surface area contributed by atoms with Crippen molar-refractivity contribution in [1.29, 1.82) is 5.26 Å². The van der Waals surface area contributed by atoms with Crippen molar-refractivity contribution in [3.8, 4) is 6.07 Å². The number of anilines is 2. The average molecular weight is 567 g/mol. The van der Waals surface area contributed by atoms with Crippen LogP contribution in [-0.4, -0.2) is 9.85 Å². The zero-order chi connectivity index (χ0) is 26.4. The van der Waals surface area contributed by atoms with Crippen LogP contribution in [0.1, 0.15) is 22.3 Å². The van der Waals surface area contributed by atoms with E-state index >= 15 is 0 Å². The van der Waals surface area contributed by atoms with Gasteiger partial charge in [0, 0.05) is 6.07 Å². The Bertz CT molecular complexity index is 1230. The van der Waals surface area contributed by atoms with Crippen LogP contribution < -0.4 is 5.32 Å². The summed E-state index contributed by atoms with van der Waals surface area (Å²) in [7, 11) is 0. The van der Waals surface area contributed by atoms with E-state index in [1.807, 2.05) is 0 Å². The summed E-state index contributed by atoms with van der Waals surface area (Å²) in [6, 6.07) is 0.288. The molecule has 34 heavy (non-hydrogen) atoms. The van der Waals surface area contributed by atoms with Crippen molar-refractivity contribution in [2.75, 3.05) is 5.32 Å². The fourth-order valence-electron chi connectivity index (χ4n) is 2.71. The van der Waals surface area contributed by atoms with E-state index in [9.17, 15) is 59.7 Å². The van der Waals surface area contributed by atoms with Gasteiger partial charge >= 0.3 is 18.5 Å². The highest BCUT2D eigenvalue weighted by Crippen LogP contribution is 2.49. The first-order valence-corrected chi connectivity index (χ1v) is 8.82. The molecule has 0 amide bonds. The van der Waals surface area contributed by atoms with Gasteiger partial charge in [-0.2, -0.15) is 44.8 Å². The second kappa shape index (κ2) is 8.62. The molecule has 0 bridgehead atoms. The predicted octanol–water partition coefficient (Wildman–Crippen LogP) is 6.94. The van der Waals surface area contributed by atoms with Gasteiger partial charge in [0.15, 0.2) is 0 Å². The van der Waals surface area contributed by atoms with E-state index < -0.39 is 77.9 Å². The molecule has 0 aliphatic carbocycles. The molecule has 0 saturated carbocycles.